The molecule has 4 rings (SSSR count). The minimum Gasteiger partial charge on any atom is -0.342 e. The maximum Gasteiger partial charge on any atom is 0.416 e. The number of rotatable bonds is 6. The SMILES string of the molecule is C[C@H](CC(=O)c1cc(C(F)(F)F)cc(C(F)(F)F)c1)c1ncnn1-c1ccc(C(=O)N2CCN(C)C(=O)C2)cn1. The third-order valence-corrected chi connectivity index (χ3v) is 6.37. The Kier molecular flexibility index (Phi) is 7.67. The molecule has 2 amide bonds. The number of halogens is 6. The van der Waals surface area contributed by atoms with Gasteiger partial charge in [0.25, 0.3) is 5.91 Å². The van der Waals surface area contributed by atoms with Gasteiger partial charge in [-0.2, -0.15) is 36.1 Å². The van der Waals surface area contributed by atoms with Crippen molar-refractivity contribution in [2.75, 3.05) is 26.7 Å². The van der Waals surface area contributed by atoms with Crippen LogP contribution in [0.5, 0.6) is 0 Å². The number of ketones is 1. The molecule has 1 aromatic carbocycles. The maximum absolute atomic E-state index is 13.2. The van der Waals surface area contributed by atoms with E-state index in [2.05, 4.69) is 15.1 Å². The van der Waals surface area contributed by atoms with Crippen molar-refractivity contribution in [2.45, 2.75) is 31.6 Å². The summed E-state index contributed by atoms with van der Waals surface area (Å²) in [5.41, 5.74) is -3.68. The third-order valence-electron chi connectivity index (χ3n) is 6.37. The fourth-order valence-electron chi connectivity index (χ4n) is 4.12. The Labute approximate surface area is 223 Å². The topological polar surface area (TPSA) is 101 Å². The number of amides is 2. The quantitative estimate of drug-likeness (QED) is 0.329. The Morgan fingerprint density at radius 1 is 0.950 bits per heavy atom. The van der Waals surface area contributed by atoms with Crippen LogP contribution in [0.1, 0.15) is 56.9 Å². The molecule has 0 saturated carbocycles. The highest BCUT2D eigenvalue weighted by Crippen LogP contribution is 2.37. The number of nitrogens with zero attached hydrogens (tertiary/aromatic N) is 6. The Morgan fingerprint density at radius 3 is 2.15 bits per heavy atom. The molecule has 212 valence electrons. The van der Waals surface area contributed by atoms with Crippen molar-refractivity contribution < 1.29 is 40.7 Å². The molecule has 1 saturated heterocycles. The van der Waals surface area contributed by atoms with Gasteiger partial charge >= 0.3 is 12.4 Å². The van der Waals surface area contributed by atoms with E-state index in [1.807, 2.05) is 0 Å². The Bertz CT molecular complexity index is 1400. The van der Waals surface area contributed by atoms with E-state index in [0.29, 0.717) is 25.2 Å². The predicted octanol–water partition coefficient (Wildman–Crippen LogP) is 3.99. The molecule has 1 aliphatic rings. The van der Waals surface area contributed by atoms with E-state index in [0.717, 1.165) is 6.33 Å². The van der Waals surface area contributed by atoms with E-state index in [-0.39, 0.29) is 35.7 Å². The summed E-state index contributed by atoms with van der Waals surface area (Å²) in [5.74, 6) is -1.94. The van der Waals surface area contributed by atoms with Crippen molar-refractivity contribution >= 4 is 17.6 Å². The van der Waals surface area contributed by atoms with Crippen molar-refractivity contribution in [1.29, 1.82) is 0 Å². The van der Waals surface area contributed by atoms with Gasteiger partial charge in [0.2, 0.25) is 5.91 Å². The summed E-state index contributed by atoms with van der Waals surface area (Å²) in [4.78, 5) is 48.7. The highest BCUT2D eigenvalue weighted by atomic mass is 19.4. The van der Waals surface area contributed by atoms with Crippen LogP contribution in [0.2, 0.25) is 0 Å². The van der Waals surface area contributed by atoms with Crippen LogP contribution >= 0.6 is 0 Å². The molecule has 3 aromatic rings. The zero-order valence-corrected chi connectivity index (χ0v) is 21.1. The molecule has 0 bridgehead atoms. The number of piperazine rings is 1. The average Bonchev–Trinajstić information content (AvgIpc) is 3.39. The summed E-state index contributed by atoms with van der Waals surface area (Å²) < 4.78 is 80.4. The lowest BCUT2D eigenvalue weighted by molar-refractivity contribution is -0.143. The number of pyridine rings is 1. The molecule has 0 unspecified atom stereocenters. The minimum atomic E-state index is -5.08. The van der Waals surface area contributed by atoms with Gasteiger partial charge in [-0.3, -0.25) is 14.4 Å². The minimum absolute atomic E-state index is 0.0432. The molecular weight excluding hydrogens is 546 g/mol. The number of Topliss-reactive ketones (excluding diaryl/α,β-unsaturated/α-hetero) is 1. The second-order valence-corrected chi connectivity index (χ2v) is 9.30. The number of likely N-dealkylation sites (N-methyl/N-ethyl adjacent to an activating group) is 1. The first-order valence-electron chi connectivity index (χ1n) is 11.9. The van der Waals surface area contributed by atoms with Crippen LogP contribution in [0.25, 0.3) is 5.82 Å². The van der Waals surface area contributed by atoms with Gasteiger partial charge in [0.05, 0.1) is 16.7 Å². The standard InChI is InChI=1S/C25H22F6N6O3/c1-14(7-19(38)16-8-17(24(26,27)28)10-18(9-16)25(29,30)31)22-33-13-34-37(22)20-4-3-15(11-32-20)23(40)36-6-5-35(2)21(39)12-36/h3-4,8-11,13-14H,5-7,12H2,1-2H3/t14-/m1/s1. The van der Waals surface area contributed by atoms with Gasteiger partial charge in [-0.15, -0.1) is 0 Å². The summed E-state index contributed by atoms with van der Waals surface area (Å²) in [5, 5.41) is 4.05. The second-order valence-electron chi connectivity index (χ2n) is 9.30. The lowest BCUT2D eigenvalue weighted by Crippen LogP contribution is -2.50. The highest BCUT2D eigenvalue weighted by molar-refractivity contribution is 5.97. The first-order chi connectivity index (χ1) is 18.6. The molecule has 40 heavy (non-hydrogen) atoms. The van der Waals surface area contributed by atoms with Gasteiger partial charge in [0.15, 0.2) is 11.6 Å². The van der Waals surface area contributed by atoms with Crippen LogP contribution in [-0.4, -0.2) is 73.8 Å². The van der Waals surface area contributed by atoms with Crippen molar-refractivity contribution in [2.24, 2.45) is 0 Å². The maximum atomic E-state index is 13.2. The molecule has 9 nitrogen and oxygen atoms in total. The molecule has 0 radical (unpaired) electrons. The number of aromatic nitrogens is 4. The molecule has 1 fully saturated rings. The van der Waals surface area contributed by atoms with E-state index in [1.165, 1.54) is 39.7 Å². The van der Waals surface area contributed by atoms with Crippen LogP contribution in [0.4, 0.5) is 26.3 Å². The summed E-state index contributed by atoms with van der Waals surface area (Å²) in [6.07, 6.45) is -8.20. The smallest absolute Gasteiger partial charge is 0.342 e. The van der Waals surface area contributed by atoms with E-state index in [4.69, 9.17) is 0 Å². The van der Waals surface area contributed by atoms with Gasteiger partial charge in [-0.25, -0.2) is 9.97 Å². The van der Waals surface area contributed by atoms with E-state index < -0.39 is 53.1 Å². The molecule has 3 heterocycles. The third kappa shape index (κ3) is 6.13. The Morgan fingerprint density at radius 2 is 1.60 bits per heavy atom. The van der Waals surface area contributed by atoms with Gasteiger partial charge in [-0.1, -0.05) is 6.92 Å². The molecule has 1 atom stereocenters. The number of carbonyl (C=O) groups excluding carboxylic acids is 3. The van der Waals surface area contributed by atoms with Crippen molar-refractivity contribution in [1.82, 2.24) is 29.5 Å². The van der Waals surface area contributed by atoms with E-state index >= 15 is 0 Å². The van der Waals surface area contributed by atoms with Gasteiger partial charge in [-0.05, 0) is 30.3 Å². The zero-order valence-electron chi connectivity index (χ0n) is 21.1. The summed E-state index contributed by atoms with van der Waals surface area (Å²) in [6, 6.07) is 3.66. The highest BCUT2D eigenvalue weighted by Gasteiger charge is 2.37. The van der Waals surface area contributed by atoms with Crippen LogP contribution in [0.15, 0.2) is 42.9 Å². The first-order valence-corrected chi connectivity index (χ1v) is 11.9. The van der Waals surface area contributed by atoms with Gasteiger partial charge < -0.3 is 9.80 Å². The van der Waals surface area contributed by atoms with Gasteiger partial charge in [0, 0.05) is 44.2 Å². The molecule has 0 N–H and O–H groups in total. The summed E-state index contributed by atoms with van der Waals surface area (Å²) >= 11 is 0. The van der Waals surface area contributed by atoms with Crippen LogP contribution in [0, 0.1) is 0 Å². The van der Waals surface area contributed by atoms with E-state index in [9.17, 15) is 40.7 Å². The van der Waals surface area contributed by atoms with Crippen molar-refractivity contribution in [3.63, 3.8) is 0 Å². The largest absolute Gasteiger partial charge is 0.416 e. The number of hydrogen-bond acceptors (Lipinski definition) is 6. The van der Waals surface area contributed by atoms with Crippen LogP contribution in [0.3, 0.4) is 0 Å². The Balaban J connectivity index is 1.52. The molecule has 15 heteroatoms. The fourth-order valence-corrected chi connectivity index (χ4v) is 4.12. The second kappa shape index (κ2) is 10.7. The fraction of sp³-hybridized carbons (Fsp3) is 0.360. The number of carbonyl (C=O) groups is 3. The summed E-state index contributed by atoms with van der Waals surface area (Å²) in [7, 11) is 1.64. The average molecular weight is 568 g/mol. The predicted molar refractivity (Wildman–Crippen MR) is 127 cm³/mol. The summed E-state index contributed by atoms with van der Waals surface area (Å²) in [6.45, 7) is 2.20. The molecule has 2 aromatic heterocycles. The molecule has 1 aliphatic heterocycles. The van der Waals surface area contributed by atoms with Crippen LogP contribution in [-0.2, 0) is 17.1 Å². The Hall–Kier alpha value is -4.30. The van der Waals surface area contributed by atoms with Crippen molar-refractivity contribution in [3.05, 3.63) is 70.9 Å². The van der Waals surface area contributed by atoms with Crippen LogP contribution < -0.4 is 0 Å². The molecule has 0 aliphatic carbocycles. The lowest BCUT2D eigenvalue weighted by atomic mass is 9.95. The number of alkyl halides is 6. The molecular formula is C25H22F6N6O3. The van der Waals surface area contributed by atoms with Crippen molar-refractivity contribution in [3.8, 4) is 5.82 Å². The monoisotopic (exact) mass is 568 g/mol. The van der Waals surface area contributed by atoms with Gasteiger partial charge in [0.1, 0.15) is 18.7 Å². The zero-order chi connectivity index (χ0) is 29.4. The normalized spacial score (nSPS) is 15.3. The number of hydrogen-bond donors (Lipinski definition) is 0. The number of benzene rings is 1. The lowest BCUT2D eigenvalue weighted by Gasteiger charge is -2.31. The molecule has 0 spiro atoms. The van der Waals surface area contributed by atoms with E-state index in [1.54, 1.807) is 7.05 Å². The first kappa shape index (κ1) is 28.7.